The van der Waals surface area contributed by atoms with E-state index in [9.17, 15) is 9.59 Å². The number of amides is 1. The van der Waals surface area contributed by atoms with Crippen LogP contribution >= 0.6 is 0 Å². The molecule has 4 rings (SSSR count). The molecule has 4 N–H and O–H groups in total. The van der Waals surface area contributed by atoms with Gasteiger partial charge in [0, 0.05) is 0 Å². The first-order valence-electron chi connectivity index (χ1n) is 10.2. The Morgan fingerprint density at radius 3 is 2.57 bits per heavy atom. The fourth-order valence-electron chi connectivity index (χ4n) is 2.99. The lowest BCUT2D eigenvalue weighted by atomic mass is 10.2. The number of nitrogens with one attached hydrogen (secondary N) is 2. The number of nitrogen functional groups attached to an aromatic ring is 1. The number of tetrazole rings is 1. The molecule has 0 saturated heterocycles. The van der Waals surface area contributed by atoms with Gasteiger partial charge < -0.3 is 25.8 Å². The summed E-state index contributed by atoms with van der Waals surface area (Å²) in [6, 6.07) is 13.6. The summed E-state index contributed by atoms with van der Waals surface area (Å²) in [7, 11) is 1.54. The van der Waals surface area contributed by atoms with Crippen LogP contribution in [-0.4, -0.2) is 54.1 Å². The Morgan fingerprint density at radius 2 is 1.80 bits per heavy atom. The van der Waals surface area contributed by atoms with Gasteiger partial charge in [0.1, 0.15) is 18.6 Å². The van der Waals surface area contributed by atoms with E-state index in [1.165, 1.54) is 17.1 Å². The summed E-state index contributed by atoms with van der Waals surface area (Å²) in [6.45, 7) is -0.401. The van der Waals surface area contributed by atoms with Gasteiger partial charge in [0.25, 0.3) is 0 Å². The van der Waals surface area contributed by atoms with Crippen molar-refractivity contribution in [3.05, 3.63) is 66.2 Å². The van der Waals surface area contributed by atoms with Crippen molar-refractivity contribution in [1.29, 1.82) is 0 Å². The Morgan fingerprint density at radius 1 is 1.03 bits per heavy atom. The molecule has 0 unspecified atom stereocenters. The van der Waals surface area contributed by atoms with Crippen LogP contribution in [0.1, 0.15) is 16.2 Å². The summed E-state index contributed by atoms with van der Waals surface area (Å²) in [5.41, 5.74) is 6.83. The third-order valence-corrected chi connectivity index (χ3v) is 4.50. The number of rotatable bonds is 9. The van der Waals surface area contributed by atoms with Crippen molar-refractivity contribution in [2.75, 3.05) is 23.5 Å². The number of esters is 1. The molecule has 1 amide bonds. The van der Waals surface area contributed by atoms with Gasteiger partial charge in [-0.05, 0) is 34.7 Å². The van der Waals surface area contributed by atoms with Gasteiger partial charge in [0.05, 0.1) is 24.0 Å². The Balaban J connectivity index is 1.43. The molecule has 2 heterocycles. The van der Waals surface area contributed by atoms with E-state index in [-0.39, 0.29) is 42.1 Å². The molecule has 0 spiro atoms. The number of hydrogen-bond acceptors (Lipinski definition) is 12. The Bertz CT molecular complexity index is 1330. The average Bonchev–Trinajstić information content (AvgIpc) is 3.36. The molecule has 14 heteroatoms. The molecule has 0 saturated carbocycles. The van der Waals surface area contributed by atoms with Crippen LogP contribution in [0.25, 0.3) is 0 Å². The summed E-state index contributed by atoms with van der Waals surface area (Å²) in [5.74, 6) is -0.305. The molecule has 35 heavy (non-hydrogen) atoms. The molecular weight excluding hydrogens is 456 g/mol. The molecule has 2 aromatic heterocycles. The van der Waals surface area contributed by atoms with Gasteiger partial charge >= 0.3 is 5.97 Å². The molecule has 2 aromatic carbocycles. The SMILES string of the molecule is COc1ccccc1Nc1nc(N)nc(COC(=O)c2ccccc2NC(=O)Cn2cnnn2)n1. The lowest BCUT2D eigenvalue weighted by Crippen LogP contribution is -2.21. The number of nitrogens with zero attached hydrogens (tertiary/aromatic N) is 7. The molecule has 0 radical (unpaired) electrons. The van der Waals surface area contributed by atoms with Gasteiger partial charge in [-0.15, -0.1) is 5.10 Å². The number of aromatic nitrogens is 7. The molecule has 0 bridgehead atoms. The number of anilines is 4. The second-order valence-corrected chi connectivity index (χ2v) is 6.94. The van der Waals surface area contributed by atoms with Crippen LogP contribution < -0.4 is 21.1 Å². The number of hydrogen-bond donors (Lipinski definition) is 3. The quantitative estimate of drug-likeness (QED) is 0.293. The molecule has 0 fully saturated rings. The molecule has 178 valence electrons. The first kappa shape index (κ1) is 23.0. The van der Waals surface area contributed by atoms with E-state index in [1.54, 1.807) is 37.4 Å². The maximum atomic E-state index is 12.7. The van der Waals surface area contributed by atoms with E-state index in [0.717, 1.165) is 0 Å². The van der Waals surface area contributed by atoms with E-state index in [2.05, 4.69) is 41.1 Å². The molecule has 0 atom stereocenters. The highest BCUT2D eigenvalue weighted by Gasteiger charge is 2.16. The van der Waals surface area contributed by atoms with Crippen molar-refractivity contribution in [2.45, 2.75) is 13.2 Å². The zero-order valence-electron chi connectivity index (χ0n) is 18.5. The number of carbonyl (C=O) groups excluding carboxylic acids is 2. The molecule has 0 aliphatic carbocycles. The van der Waals surface area contributed by atoms with Crippen LogP contribution in [0, 0.1) is 0 Å². The number of para-hydroxylation sites is 3. The standard InChI is InChI=1S/C21H20N10O4/c1-34-16-9-5-4-8-15(16)25-21-27-17(26-20(22)28-21)11-35-19(33)13-6-2-3-7-14(13)24-18(32)10-31-12-23-29-30-31/h2-9,12H,10-11H2,1H3,(H,24,32)(H3,22,25,26,27,28). The monoisotopic (exact) mass is 476 g/mol. The van der Waals surface area contributed by atoms with Crippen molar-refractivity contribution in [1.82, 2.24) is 35.2 Å². The summed E-state index contributed by atoms with van der Waals surface area (Å²) in [4.78, 5) is 37.3. The second kappa shape index (κ2) is 10.7. The third-order valence-electron chi connectivity index (χ3n) is 4.50. The lowest BCUT2D eigenvalue weighted by molar-refractivity contribution is -0.116. The van der Waals surface area contributed by atoms with Gasteiger partial charge in [0.2, 0.25) is 17.8 Å². The van der Waals surface area contributed by atoms with Crippen molar-refractivity contribution in [2.24, 2.45) is 0 Å². The number of methoxy groups -OCH3 is 1. The Hall–Kier alpha value is -5.14. The predicted octanol–water partition coefficient (Wildman–Crippen LogP) is 1.19. The third kappa shape index (κ3) is 6.01. The molecular formula is C21H20N10O4. The maximum Gasteiger partial charge on any atom is 0.340 e. The van der Waals surface area contributed by atoms with Crippen molar-refractivity contribution < 1.29 is 19.1 Å². The van der Waals surface area contributed by atoms with Crippen LogP contribution in [0.15, 0.2) is 54.9 Å². The highest BCUT2D eigenvalue weighted by Crippen LogP contribution is 2.25. The van der Waals surface area contributed by atoms with Crippen LogP contribution in [0.4, 0.5) is 23.3 Å². The zero-order chi connectivity index (χ0) is 24.6. The Labute approximate surface area is 198 Å². The molecule has 0 aliphatic heterocycles. The number of carbonyl (C=O) groups is 2. The van der Waals surface area contributed by atoms with Gasteiger partial charge in [-0.3, -0.25) is 4.79 Å². The Kier molecular flexibility index (Phi) is 7.01. The summed E-state index contributed by atoms with van der Waals surface area (Å²) in [6.07, 6.45) is 1.30. The van der Waals surface area contributed by atoms with Crippen molar-refractivity contribution in [3.8, 4) is 5.75 Å². The average molecular weight is 476 g/mol. The lowest BCUT2D eigenvalue weighted by Gasteiger charge is -2.12. The minimum absolute atomic E-state index is 0.0567. The van der Waals surface area contributed by atoms with E-state index in [1.807, 2.05) is 12.1 Å². The molecule has 0 aliphatic rings. The van der Waals surface area contributed by atoms with Gasteiger partial charge in [0.15, 0.2) is 12.4 Å². The topological polar surface area (TPSA) is 185 Å². The van der Waals surface area contributed by atoms with E-state index in [4.69, 9.17) is 15.2 Å². The predicted molar refractivity (Wildman–Crippen MR) is 123 cm³/mol. The van der Waals surface area contributed by atoms with Gasteiger partial charge in [-0.1, -0.05) is 24.3 Å². The van der Waals surface area contributed by atoms with Crippen LogP contribution in [0.3, 0.4) is 0 Å². The van der Waals surface area contributed by atoms with Crippen LogP contribution in [0.5, 0.6) is 5.75 Å². The number of nitrogens with two attached hydrogens (primary N) is 1. The summed E-state index contributed by atoms with van der Waals surface area (Å²) in [5, 5.41) is 16.2. The van der Waals surface area contributed by atoms with Crippen LogP contribution in [0.2, 0.25) is 0 Å². The van der Waals surface area contributed by atoms with E-state index in [0.29, 0.717) is 11.4 Å². The fourth-order valence-corrected chi connectivity index (χ4v) is 2.99. The summed E-state index contributed by atoms with van der Waals surface area (Å²) < 4.78 is 11.9. The highest BCUT2D eigenvalue weighted by atomic mass is 16.5. The minimum atomic E-state index is -0.693. The van der Waals surface area contributed by atoms with Crippen molar-refractivity contribution >= 4 is 35.1 Å². The zero-order valence-corrected chi connectivity index (χ0v) is 18.5. The van der Waals surface area contributed by atoms with Crippen LogP contribution in [-0.2, 0) is 22.7 Å². The maximum absolute atomic E-state index is 12.7. The first-order valence-corrected chi connectivity index (χ1v) is 10.2. The minimum Gasteiger partial charge on any atom is -0.495 e. The van der Waals surface area contributed by atoms with E-state index < -0.39 is 11.9 Å². The fraction of sp³-hybridized carbons (Fsp3) is 0.143. The van der Waals surface area contributed by atoms with Gasteiger partial charge in [-0.2, -0.15) is 15.0 Å². The molecule has 14 nitrogen and oxygen atoms in total. The van der Waals surface area contributed by atoms with Gasteiger partial charge in [-0.25, -0.2) is 9.48 Å². The number of ether oxygens (including phenoxy) is 2. The van der Waals surface area contributed by atoms with E-state index >= 15 is 0 Å². The second-order valence-electron chi connectivity index (χ2n) is 6.94. The smallest absolute Gasteiger partial charge is 0.340 e. The van der Waals surface area contributed by atoms with Crippen molar-refractivity contribution in [3.63, 3.8) is 0 Å². The summed E-state index contributed by atoms with van der Waals surface area (Å²) >= 11 is 0. The normalized spacial score (nSPS) is 10.4. The number of benzene rings is 2. The largest absolute Gasteiger partial charge is 0.495 e. The highest BCUT2D eigenvalue weighted by molar-refractivity contribution is 6.01. The first-order chi connectivity index (χ1) is 17.0. The molecule has 4 aromatic rings.